The van der Waals surface area contributed by atoms with E-state index in [1.54, 1.807) is 37.3 Å². The van der Waals surface area contributed by atoms with Crippen molar-refractivity contribution in [2.45, 2.75) is 20.5 Å². The van der Waals surface area contributed by atoms with E-state index in [1.807, 2.05) is 61.5 Å². The highest BCUT2D eigenvalue weighted by atomic mass is 16.5. The molecule has 0 saturated heterocycles. The molecular formula is C29H27NO5. The first-order valence-corrected chi connectivity index (χ1v) is 11.4. The maximum absolute atomic E-state index is 13.5. The molecule has 0 atom stereocenters. The highest BCUT2D eigenvalue weighted by Gasteiger charge is 2.37. The van der Waals surface area contributed by atoms with Crippen LogP contribution in [0.3, 0.4) is 0 Å². The van der Waals surface area contributed by atoms with Crippen LogP contribution in [0.4, 0.5) is 5.69 Å². The number of methoxy groups -OCH3 is 1. The van der Waals surface area contributed by atoms with Gasteiger partial charge >= 0.3 is 5.97 Å². The minimum atomic E-state index is -0.563. The number of anilines is 1. The Kier molecular flexibility index (Phi) is 7.31. The van der Waals surface area contributed by atoms with Gasteiger partial charge in [0.1, 0.15) is 18.1 Å². The van der Waals surface area contributed by atoms with Gasteiger partial charge in [-0.05, 0) is 67.4 Å². The molecule has 0 bridgehead atoms. The minimum Gasteiger partial charge on any atom is -0.494 e. The van der Waals surface area contributed by atoms with Crippen LogP contribution in [0.25, 0.3) is 6.08 Å². The molecule has 0 fully saturated rings. The Balaban J connectivity index is 1.64. The standard InChI is InChI=1S/C29H27NO5/c1-4-34-24-15-13-23(14-16-24)30-20(2)27(29(32)33-3)26(28(30)31)18-22-11-8-12-25(17-22)35-19-21-9-6-5-7-10-21/h5-18H,4,19H2,1-3H3/b26-18-. The van der Waals surface area contributed by atoms with Crippen LogP contribution in [-0.4, -0.2) is 25.6 Å². The molecule has 0 unspecified atom stereocenters. The molecule has 0 radical (unpaired) electrons. The first kappa shape index (κ1) is 23.8. The lowest BCUT2D eigenvalue weighted by Crippen LogP contribution is -2.24. The summed E-state index contributed by atoms with van der Waals surface area (Å²) >= 11 is 0. The Morgan fingerprint density at radius 2 is 1.66 bits per heavy atom. The molecule has 0 spiro atoms. The molecule has 1 heterocycles. The van der Waals surface area contributed by atoms with E-state index in [0.717, 1.165) is 11.1 Å². The van der Waals surface area contributed by atoms with Crippen LogP contribution in [0.5, 0.6) is 11.5 Å². The van der Waals surface area contributed by atoms with E-state index in [1.165, 1.54) is 12.0 Å². The highest BCUT2D eigenvalue weighted by molar-refractivity contribution is 6.23. The van der Waals surface area contributed by atoms with Crippen LogP contribution >= 0.6 is 0 Å². The topological polar surface area (TPSA) is 65.1 Å². The summed E-state index contributed by atoms with van der Waals surface area (Å²) in [6, 6.07) is 24.5. The van der Waals surface area contributed by atoms with Crippen molar-refractivity contribution in [1.82, 2.24) is 0 Å². The van der Waals surface area contributed by atoms with E-state index < -0.39 is 5.97 Å². The number of carbonyl (C=O) groups excluding carboxylic acids is 2. The second kappa shape index (κ2) is 10.7. The molecule has 1 aliphatic heterocycles. The number of rotatable bonds is 8. The molecule has 0 N–H and O–H groups in total. The molecule has 0 aromatic heterocycles. The summed E-state index contributed by atoms with van der Waals surface area (Å²) in [5.41, 5.74) is 3.45. The first-order valence-electron chi connectivity index (χ1n) is 11.4. The van der Waals surface area contributed by atoms with Crippen molar-refractivity contribution >= 4 is 23.6 Å². The number of amides is 1. The summed E-state index contributed by atoms with van der Waals surface area (Å²) in [7, 11) is 1.31. The van der Waals surface area contributed by atoms with Crippen LogP contribution in [0.15, 0.2) is 95.7 Å². The third-order valence-electron chi connectivity index (χ3n) is 5.61. The Morgan fingerprint density at radius 1 is 0.914 bits per heavy atom. The number of allylic oxidation sites excluding steroid dienone is 1. The minimum absolute atomic E-state index is 0.238. The predicted molar refractivity (Wildman–Crippen MR) is 135 cm³/mol. The molecule has 0 saturated carbocycles. The number of esters is 1. The molecule has 0 aliphatic carbocycles. The number of carbonyl (C=O) groups is 2. The monoisotopic (exact) mass is 469 g/mol. The Bertz CT molecular complexity index is 1280. The van der Waals surface area contributed by atoms with Crippen LogP contribution in [0.1, 0.15) is 25.0 Å². The van der Waals surface area contributed by atoms with Crippen LogP contribution in [-0.2, 0) is 20.9 Å². The quantitative estimate of drug-likeness (QED) is 0.320. The largest absolute Gasteiger partial charge is 0.494 e. The molecule has 3 aromatic rings. The fourth-order valence-corrected chi connectivity index (χ4v) is 3.95. The van der Waals surface area contributed by atoms with E-state index >= 15 is 0 Å². The Labute approximate surface area is 205 Å². The average Bonchev–Trinajstić information content (AvgIpc) is 3.13. The average molecular weight is 470 g/mol. The molecule has 6 nitrogen and oxygen atoms in total. The SMILES string of the molecule is CCOc1ccc(N2C(=O)/C(=C\c3cccc(OCc4ccccc4)c3)C(C(=O)OC)=C2C)cc1. The lowest BCUT2D eigenvalue weighted by molar-refractivity contribution is -0.136. The van der Waals surface area contributed by atoms with Crippen molar-refractivity contribution in [3.8, 4) is 11.5 Å². The number of benzene rings is 3. The summed E-state index contributed by atoms with van der Waals surface area (Å²) in [6.45, 7) is 4.62. The van der Waals surface area contributed by atoms with E-state index in [9.17, 15) is 9.59 Å². The lowest BCUT2D eigenvalue weighted by Gasteiger charge is -2.18. The number of hydrogen-bond donors (Lipinski definition) is 0. The zero-order chi connectivity index (χ0) is 24.8. The smallest absolute Gasteiger partial charge is 0.340 e. The Hall–Kier alpha value is -4.32. The number of hydrogen-bond acceptors (Lipinski definition) is 5. The number of nitrogens with zero attached hydrogens (tertiary/aromatic N) is 1. The molecule has 178 valence electrons. The van der Waals surface area contributed by atoms with Crippen molar-refractivity contribution in [2.75, 3.05) is 18.6 Å². The van der Waals surface area contributed by atoms with E-state index in [0.29, 0.717) is 36.1 Å². The van der Waals surface area contributed by atoms with Gasteiger partial charge in [0.15, 0.2) is 0 Å². The fourth-order valence-electron chi connectivity index (χ4n) is 3.95. The normalized spacial score (nSPS) is 14.4. The Morgan fingerprint density at radius 3 is 2.34 bits per heavy atom. The van der Waals surface area contributed by atoms with Gasteiger partial charge in [-0.2, -0.15) is 0 Å². The predicted octanol–water partition coefficient (Wildman–Crippen LogP) is 5.54. The van der Waals surface area contributed by atoms with E-state index in [2.05, 4.69) is 0 Å². The van der Waals surface area contributed by atoms with Crippen molar-refractivity contribution in [3.05, 3.63) is 107 Å². The molecule has 1 amide bonds. The van der Waals surface area contributed by atoms with Gasteiger partial charge in [-0.25, -0.2) is 4.79 Å². The second-order valence-electron chi connectivity index (χ2n) is 7.92. The fraction of sp³-hybridized carbons (Fsp3) is 0.172. The van der Waals surface area contributed by atoms with Crippen LogP contribution in [0.2, 0.25) is 0 Å². The lowest BCUT2D eigenvalue weighted by atomic mass is 10.0. The summed E-state index contributed by atoms with van der Waals surface area (Å²) in [6.07, 6.45) is 1.70. The molecule has 4 rings (SSSR count). The van der Waals surface area contributed by atoms with Gasteiger partial charge in [-0.15, -0.1) is 0 Å². The third-order valence-corrected chi connectivity index (χ3v) is 5.61. The first-order chi connectivity index (χ1) is 17.0. The zero-order valence-electron chi connectivity index (χ0n) is 20.0. The molecule has 6 heteroatoms. The van der Waals surface area contributed by atoms with Gasteiger partial charge in [0.25, 0.3) is 5.91 Å². The highest BCUT2D eigenvalue weighted by Crippen LogP contribution is 2.36. The van der Waals surface area contributed by atoms with Crippen molar-refractivity contribution in [1.29, 1.82) is 0 Å². The molecular weight excluding hydrogens is 442 g/mol. The maximum atomic E-state index is 13.5. The van der Waals surface area contributed by atoms with E-state index in [-0.39, 0.29) is 17.1 Å². The third kappa shape index (κ3) is 5.27. The van der Waals surface area contributed by atoms with Gasteiger partial charge in [-0.3, -0.25) is 9.69 Å². The van der Waals surface area contributed by atoms with E-state index in [4.69, 9.17) is 14.2 Å². The van der Waals surface area contributed by atoms with Crippen LogP contribution in [0, 0.1) is 0 Å². The summed E-state index contributed by atoms with van der Waals surface area (Å²) < 4.78 is 16.4. The van der Waals surface area contributed by atoms with Crippen molar-refractivity contribution in [2.24, 2.45) is 0 Å². The van der Waals surface area contributed by atoms with Crippen molar-refractivity contribution < 1.29 is 23.8 Å². The van der Waals surface area contributed by atoms with Gasteiger partial charge < -0.3 is 14.2 Å². The number of ether oxygens (including phenoxy) is 3. The van der Waals surface area contributed by atoms with Gasteiger partial charge in [0, 0.05) is 11.4 Å². The summed E-state index contributed by atoms with van der Waals surface area (Å²) in [4.78, 5) is 27.7. The summed E-state index contributed by atoms with van der Waals surface area (Å²) in [5.74, 6) is 0.507. The molecule has 3 aromatic carbocycles. The van der Waals surface area contributed by atoms with Gasteiger partial charge in [0.2, 0.25) is 0 Å². The van der Waals surface area contributed by atoms with Crippen LogP contribution < -0.4 is 14.4 Å². The summed E-state index contributed by atoms with van der Waals surface area (Å²) in [5, 5.41) is 0. The van der Waals surface area contributed by atoms with Crippen molar-refractivity contribution in [3.63, 3.8) is 0 Å². The molecule has 1 aliphatic rings. The zero-order valence-corrected chi connectivity index (χ0v) is 20.0. The van der Waals surface area contributed by atoms with Gasteiger partial charge in [0.05, 0.1) is 24.9 Å². The molecule has 35 heavy (non-hydrogen) atoms. The maximum Gasteiger partial charge on any atom is 0.340 e. The van der Waals surface area contributed by atoms with Gasteiger partial charge in [-0.1, -0.05) is 42.5 Å². The second-order valence-corrected chi connectivity index (χ2v) is 7.92.